The summed E-state index contributed by atoms with van der Waals surface area (Å²) in [4.78, 5) is 0. The standard InChI is InChI=1S/C18H29NO3/c1-13(2)22-17-14(7-5-8-15(17)21-4)11-19-16-9-6-10-18(16,3)12-20/h5,7-8,13,16,19-20H,6,9-12H2,1-4H3. The zero-order valence-corrected chi connectivity index (χ0v) is 14.2. The fourth-order valence-electron chi connectivity index (χ4n) is 3.23. The van der Waals surface area contributed by atoms with Gasteiger partial charge in [0.05, 0.1) is 13.2 Å². The fraction of sp³-hybridized carbons (Fsp3) is 0.667. The molecule has 0 spiro atoms. The number of aliphatic hydroxyl groups is 1. The molecular weight excluding hydrogens is 278 g/mol. The largest absolute Gasteiger partial charge is 0.493 e. The second-order valence-corrected chi connectivity index (χ2v) is 6.75. The molecule has 0 saturated heterocycles. The molecule has 1 aromatic carbocycles. The van der Waals surface area contributed by atoms with Crippen molar-refractivity contribution in [3.63, 3.8) is 0 Å². The molecule has 1 aliphatic carbocycles. The Morgan fingerprint density at radius 3 is 2.82 bits per heavy atom. The van der Waals surface area contributed by atoms with Gasteiger partial charge in [-0.1, -0.05) is 25.5 Å². The van der Waals surface area contributed by atoms with Gasteiger partial charge in [-0.2, -0.15) is 0 Å². The average molecular weight is 307 g/mol. The third kappa shape index (κ3) is 3.73. The van der Waals surface area contributed by atoms with E-state index in [1.54, 1.807) is 7.11 Å². The molecule has 0 aliphatic heterocycles. The van der Waals surface area contributed by atoms with Crippen molar-refractivity contribution >= 4 is 0 Å². The van der Waals surface area contributed by atoms with Gasteiger partial charge in [0, 0.05) is 30.2 Å². The van der Waals surface area contributed by atoms with Gasteiger partial charge < -0.3 is 19.9 Å². The van der Waals surface area contributed by atoms with Crippen molar-refractivity contribution in [3.05, 3.63) is 23.8 Å². The van der Waals surface area contributed by atoms with Crippen LogP contribution >= 0.6 is 0 Å². The predicted octanol–water partition coefficient (Wildman–Crippen LogP) is 3.12. The summed E-state index contributed by atoms with van der Waals surface area (Å²) in [6.07, 6.45) is 3.46. The molecule has 2 N–H and O–H groups in total. The van der Waals surface area contributed by atoms with Crippen molar-refractivity contribution < 1.29 is 14.6 Å². The van der Waals surface area contributed by atoms with Crippen molar-refractivity contribution in [1.82, 2.24) is 5.32 Å². The van der Waals surface area contributed by atoms with Gasteiger partial charge in [0.25, 0.3) is 0 Å². The van der Waals surface area contributed by atoms with Gasteiger partial charge in [-0.25, -0.2) is 0 Å². The maximum Gasteiger partial charge on any atom is 0.166 e. The maximum absolute atomic E-state index is 9.66. The maximum atomic E-state index is 9.66. The van der Waals surface area contributed by atoms with E-state index in [4.69, 9.17) is 9.47 Å². The Balaban J connectivity index is 2.12. The first-order valence-electron chi connectivity index (χ1n) is 8.17. The third-order valence-corrected chi connectivity index (χ3v) is 4.62. The molecule has 0 radical (unpaired) electrons. The minimum Gasteiger partial charge on any atom is -0.493 e. The molecule has 124 valence electrons. The molecule has 1 aliphatic rings. The van der Waals surface area contributed by atoms with Crippen molar-refractivity contribution in [1.29, 1.82) is 0 Å². The lowest BCUT2D eigenvalue weighted by molar-refractivity contribution is 0.118. The van der Waals surface area contributed by atoms with E-state index >= 15 is 0 Å². The molecule has 0 heterocycles. The molecule has 1 aromatic rings. The van der Waals surface area contributed by atoms with Gasteiger partial charge in [0.2, 0.25) is 0 Å². The van der Waals surface area contributed by atoms with Crippen molar-refractivity contribution in [2.45, 2.75) is 58.7 Å². The number of nitrogens with one attached hydrogen (secondary N) is 1. The van der Waals surface area contributed by atoms with Crippen LogP contribution in [0.2, 0.25) is 0 Å². The van der Waals surface area contributed by atoms with E-state index in [9.17, 15) is 5.11 Å². The molecule has 1 fully saturated rings. The van der Waals surface area contributed by atoms with Gasteiger partial charge in [-0.05, 0) is 32.8 Å². The molecule has 0 bridgehead atoms. The highest BCUT2D eigenvalue weighted by molar-refractivity contribution is 5.46. The van der Waals surface area contributed by atoms with E-state index < -0.39 is 0 Å². The van der Waals surface area contributed by atoms with E-state index in [2.05, 4.69) is 18.3 Å². The summed E-state index contributed by atoms with van der Waals surface area (Å²) in [6, 6.07) is 6.33. The fourth-order valence-corrected chi connectivity index (χ4v) is 3.23. The van der Waals surface area contributed by atoms with Crippen LogP contribution in [0.15, 0.2) is 18.2 Å². The molecule has 4 heteroatoms. The molecule has 22 heavy (non-hydrogen) atoms. The molecule has 1 saturated carbocycles. The van der Waals surface area contributed by atoms with Crippen molar-refractivity contribution in [2.24, 2.45) is 5.41 Å². The first-order chi connectivity index (χ1) is 10.5. The zero-order valence-electron chi connectivity index (χ0n) is 14.2. The van der Waals surface area contributed by atoms with Crippen LogP contribution in [0.1, 0.15) is 45.6 Å². The second kappa shape index (κ2) is 7.34. The van der Waals surface area contributed by atoms with E-state index in [-0.39, 0.29) is 18.1 Å². The number of benzene rings is 1. The highest BCUT2D eigenvalue weighted by atomic mass is 16.5. The lowest BCUT2D eigenvalue weighted by atomic mass is 9.85. The van der Waals surface area contributed by atoms with Crippen LogP contribution in [0.4, 0.5) is 0 Å². The Labute approximate surface area is 133 Å². The lowest BCUT2D eigenvalue weighted by Gasteiger charge is -2.30. The van der Waals surface area contributed by atoms with Crippen LogP contribution in [-0.4, -0.2) is 31.0 Å². The summed E-state index contributed by atoms with van der Waals surface area (Å²) in [5.74, 6) is 1.58. The Bertz CT molecular complexity index is 489. The van der Waals surface area contributed by atoms with Crippen molar-refractivity contribution in [2.75, 3.05) is 13.7 Å². The van der Waals surface area contributed by atoms with Crippen LogP contribution in [0.3, 0.4) is 0 Å². The molecule has 0 amide bonds. The summed E-state index contributed by atoms with van der Waals surface area (Å²) in [5.41, 5.74) is 1.08. The molecule has 0 aromatic heterocycles. The Kier molecular flexibility index (Phi) is 5.70. The minimum atomic E-state index is -0.0159. The smallest absolute Gasteiger partial charge is 0.166 e. The van der Waals surface area contributed by atoms with E-state index in [0.29, 0.717) is 6.04 Å². The average Bonchev–Trinajstić information content (AvgIpc) is 2.87. The second-order valence-electron chi connectivity index (χ2n) is 6.75. The molecular formula is C18H29NO3. The number of hydrogen-bond acceptors (Lipinski definition) is 4. The van der Waals surface area contributed by atoms with E-state index in [1.165, 1.54) is 6.42 Å². The minimum absolute atomic E-state index is 0.0159. The van der Waals surface area contributed by atoms with Gasteiger partial charge in [-0.15, -0.1) is 0 Å². The predicted molar refractivity (Wildman–Crippen MR) is 88.4 cm³/mol. The SMILES string of the molecule is COc1cccc(CNC2CCCC2(C)CO)c1OC(C)C. The van der Waals surface area contributed by atoms with Gasteiger partial charge in [0.15, 0.2) is 11.5 Å². The zero-order chi connectivity index (χ0) is 16.2. The molecule has 4 nitrogen and oxygen atoms in total. The number of rotatable bonds is 7. The van der Waals surface area contributed by atoms with Gasteiger partial charge in [-0.3, -0.25) is 0 Å². The van der Waals surface area contributed by atoms with E-state index in [1.807, 2.05) is 26.0 Å². The van der Waals surface area contributed by atoms with Gasteiger partial charge in [0.1, 0.15) is 0 Å². The number of hydrogen-bond donors (Lipinski definition) is 2. The van der Waals surface area contributed by atoms with Crippen LogP contribution in [0.25, 0.3) is 0 Å². The van der Waals surface area contributed by atoms with Gasteiger partial charge >= 0.3 is 0 Å². The number of ether oxygens (including phenoxy) is 2. The number of methoxy groups -OCH3 is 1. The molecule has 2 atom stereocenters. The van der Waals surface area contributed by atoms with Crippen LogP contribution in [-0.2, 0) is 6.54 Å². The van der Waals surface area contributed by atoms with Crippen LogP contribution in [0, 0.1) is 5.41 Å². The topological polar surface area (TPSA) is 50.7 Å². The number of aliphatic hydroxyl groups excluding tert-OH is 1. The highest BCUT2D eigenvalue weighted by Crippen LogP contribution is 2.38. The van der Waals surface area contributed by atoms with Crippen LogP contribution < -0.4 is 14.8 Å². The summed E-state index contributed by atoms with van der Waals surface area (Å²) in [6.45, 7) is 7.15. The van der Waals surface area contributed by atoms with Crippen molar-refractivity contribution in [3.8, 4) is 11.5 Å². The molecule has 2 rings (SSSR count). The first kappa shape index (κ1) is 17.1. The summed E-state index contributed by atoms with van der Waals surface area (Å²) >= 11 is 0. The highest BCUT2D eigenvalue weighted by Gasteiger charge is 2.37. The monoisotopic (exact) mass is 307 g/mol. The summed E-state index contributed by atoms with van der Waals surface area (Å²) < 4.78 is 11.4. The van der Waals surface area contributed by atoms with E-state index in [0.717, 1.165) is 36.4 Å². The lowest BCUT2D eigenvalue weighted by Crippen LogP contribution is -2.41. The first-order valence-corrected chi connectivity index (χ1v) is 8.17. The Morgan fingerprint density at radius 2 is 2.18 bits per heavy atom. The summed E-state index contributed by atoms with van der Waals surface area (Å²) in [5, 5.41) is 13.3. The normalized spacial score (nSPS) is 24.7. The van der Waals surface area contributed by atoms with Crippen LogP contribution in [0.5, 0.6) is 11.5 Å². The quantitative estimate of drug-likeness (QED) is 0.812. The third-order valence-electron chi connectivity index (χ3n) is 4.62. The number of para-hydroxylation sites is 1. The Hall–Kier alpha value is -1.26. The summed E-state index contributed by atoms with van der Waals surface area (Å²) in [7, 11) is 1.67. The Morgan fingerprint density at radius 1 is 1.41 bits per heavy atom. The molecule has 2 unspecified atom stereocenters.